The van der Waals surface area contributed by atoms with Crippen LogP contribution in [0.25, 0.3) is 0 Å². The minimum absolute atomic E-state index is 0.152. The van der Waals surface area contributed by atoms with Crippen molar-refractivity contribution in [2.75, 3.05) is 6.61 Å². The lowest BCUT2D eigenvalue weighted by Gasteiger charge is -2.14. The van der Waals surface area contributed by atoms with Crippen molar-refractivity contribution in [2.45, 2.75) is 32.5 Å². The summed E-state index contributed by atoms with van der Waals surface area (Å²) in [6.45, 7) is 3.54. The molecule has 0 saturated heterocycles. The molecular formula is C18H23NO2. The van der Waals surface area contributed by atoms with Crippen LogP contribution in [0.4, 0.5) is 0 Å². The molecule has 0 bridgehead atoms. The van der Waals surface area contributed by atoms with Crippen LogP contribution in [-0.2, 0) is 13.2 Å². The van der Waals surface area contributed by atoms with Crippen molar-refractivity contribution in [3.63, 3.8) is 0 Å². The molecule has 0 radical (unpaired) electrons. The Morgan fingerprint density at radius 1 is 1.05 bits per heavy atom. The highest BCUT2D eigenvalue weighted by atomic mass is 16.5. The highest BCUT2D eigenvalue weighted by molar-refractivity contribution is 5.29. The largest absolute Gasteiger partial charge is 0.489 e. The quantitative estimate of drug-likeness (QED) is 0.783. The molecule has 3 nitrogen and oxygen atoms in total. The van der Waals surface area contributed by atoms with Crippen molar-refractivity contribution in [3.05, 3.63) is 65.7 Å². The summed E-state index contributed by atoms with van der Waals surface area (Å²) in [7, 11) is 0. The molecule has 0 unspecified atom stereocenters. The second-order valence-corrected chi connectivity index (χ2v) is 5.09. The Bertz CT molecular complexity index is 524. The van der Waals surface area contributed by atoms with Crippen LogP contribution in [0.5, 0.6) is 5.75 Å². The van der Waals surface area contributed by atoms with E-state index in [0.717, 1.165) is 29.8 Å². The van der Waals surface area contributed by atoms with E-state index in [-0.39, 0.29) is 12.6 Å². The van der Waals surface area contributed by atoms with Gasteiger partial charge in [-0.05, 0) is 29.7 Å². The van der Waals surface area contributed by atoms with Gasteiger partial charge in [0.05, 0.1) is 6.61 Å². The molecule has 0 amide bonds. The van der Waals surface area contributed by atoms with Crippen molar-refractivity contribution in [1.82, 2.24) is 5.32 Å². The summed E-state index contributed by atoms with van der Waals surface area (Å²) >= 11 is 0. The minimum Gasteiger partial charge on any atom is -0.489 e. The highest BCUT2D eigenvalue weighted by Gasteiger charge is 2.04. The third-order valence-electron chi connectivity index (χ3n) is 3.45. The summed E-state index contributed by atoms with van der Waals surface area (Å²) in [5.41, 5.74) is 2.32. The van der Waals surface area contributed by atoms with Gasteiger partial charge in [0.1, 0.15) is 12.4 Å². The summed E-state index contributed by atoms with van der Waals surface area (Å²) in [5.74, 6) is 0.871. The van der Waals surface area contributed by atoms with Gasteiger partial charge in [0, 0.05) is 12.6 Å². The fourth-order valence-corrected chi connectivity index (χ4v) is 2.09. The summed E-state index contributed by atoms with van der Waals surface area (Å²) < 4.78 is 5.82. The maximum atomic E-state index is 9.18. The summed E-state index contributed by atoms with van der Waals surface area (Å²) in [6, 6.07) is 18.4. The fourth-order valence-electron chi connectivity index (χ4n) is 2.09. The zero-order chi connectivity index (χ0) is 14.9. The number of hydrogen-bond acceptors (Lipinski definition) is 3. The Labute approximate surface area is 126 Å². The van der Waals surface area contributed by atoms with Gasteiger partial charge in [-0.3, -0.25) is 0 Å². The van der Waals surface area contributed by atoms with E-state index in [1.165, 1.54) is 0 Å². The molecule has 0 aliphatic rings. The molecule has 0 saturated carbocycles. The fraction of sp³-hybridized carbons (Fsp3) is 0.333. The summed E-state index contributed by atoms with van der Waals surface area (Å²) in [5, 5.41) is 12.5. The van der Waals surface area contributed by atoms with E-state index in [1.54, 1.807) is 0 Å². The highest BCUT2D eigenvalue weighted by Crippen LogP contribution is 2.15. The van der Waals surface area contributed by atoms with Crippen LogP contribution in [0, 0.1) is 0 Å². The molecule has 2 rings (SSSR count). The van der Waals surface area contributed by atoms with Crippen LogP contribution in [0.3, 0.4) is 0 Å². The summed E-state index contributed by atoms with van der Waals surface area (Å²) in [6.07, 6.45) is 0.917. The number of aliphatic hydroxyl groups excluding tert-OH is 1. The van der Waals surface area contributed by atoms with Gasteiger partial charge in [-0.25, -0.2) is 0 Å². The molecule has 112 valence electrons. The van der Waals surface area contributed by atoms with Crippen molar-refractivity contribution < 1.29 is 9.84 Å². The van der Waals surface area contributed by atoms with E-state index >= 15 is 0 Å². The van der Waals surface area contributed by atoms with Crippen LogP contribution in [0.2, 0.25) is 0 Å². The van der Waals surface area contributed by atoms with Gasteiger partial charge in [-0.2, -0.15) is 0 Å². The van der Waals surface area contributed by atoms with E-state index in [2.05, 4.69) is 30.4 Å². The molecule has 0 aliphatic carbocycles. The first-order valence-corrected chi connectivity index (χ1v) is 7.41. The van der Waals surface area contributed by atoms with Gasteiger partial charge in [-0.1, -0.05) is 49.4 Å². The summed E-state index contributed by atoms with van der Waals surface area (Å²) in [4.78, 5) is 0. The van der Waals surface area contributed by atoms with Crippen molar-refractivity contribution in [3.8, 4) is 5.75 Å². The van der Waals surface area contributed by atoms with Crippen LogP contribution >= 0.6 is 0 Å². The smallest absolute Gasteiger partial charge is 0.120 e. The van der Waals surface area contributed by atoms with Gasteiger partial charge < -0.3 is 15.2 Å². The second-order valence-electron chi connectivity index (χ2n) is 5.09. The van der Waals surface area contributed by atoms with Gasteiger partial charge >= 0.3 is 0 Å². The van der Waals surface area contributed by atoms with Crippen LogP contribution in [0.15, 0.2) is 54.6 Å². The van der Waals surface area contributed by atoms with Crippen molar-refractivity contribution >= 4 is 0 Å². The number of ether oxygens (including phenoxy) is 1. The first-order valence-electron chi connectivity index (χ1n) is 7.41. The Morgan fingerprint density at radius 2 is 1.81 bits per heavy atom. The van der Waals surface area contributed by atoms with E-state index in [9.17, 15) is 5.11 Å². The maximum absolute atomic E-state index is 9.18. The lowest BCUT2D eigenvalue weighted by Crippen LogP contribution is -2.31. The monoisotopic (exact) mass is 285 g/mol. The van der Waals surface area contributed by atoms with Gasteiger partial charge in [-0.15, -0.1) is 0 Å². The first kappa shape index (κ1) is 15.5. The third-order valence-corrected chi connectivity index (χ3v) is 3.45. The molecule has 2 aromatic carbocycles. The molecular weight excluding hydrogens is 262 g/mol. The van der Waals surface area contributed by atoms with Crippen molar-refractivity contribution in [1.29, 1.82) is 0 Å². The molecule has 0 fully saturated rings. The maximum Gasteiger partial charge on any atom is 0.120 e. The predicted molar refractivity (Wildman–Crippen MR) is 85.2 cm³/mol. The normalized spacial score (nSPS) is 12.1. The van der Waals surface area contributed by atoms with E-state index in [1.807, 2.05) is 36.4 Å². The molecule has 0 aromatic heterocycles. The molecule has 0 heterocycles. The topological polar surface area (TPSA) is 41.5 Å². The zero-order valence-electron chi connectivity index (χ0n) is 12.5. The molecule has 1 atom stereocenters. The number of hydrogen-bond donors (Lipinski definition) is 2. The number of aliphatic hydroxyl groups is 1. The lowest BCUT2D eigenvalue weighted by molar-refractivity contribution is 0.238. The zero-order valence-corrected chi connectivity index (χ0v) is 12.5. The predicted octanol–water partition coefficient (Wildman–Crippen LogP) is 3.13. The van der Waals surface area contributed by atoms with E-state index in [4.69, 9.17) is 4.74 Å². The average Bonchev–Trinajstić information content (AvgIpc) is 2.55. The Balaban J connectivity index is 1.88. The van der Waals surface area contributed by atoms with Crippen LogP contribution in [-0.4, -0.2) is 17.8 Å². The Morgan fingerprint density at radius 3 is 2.52 bits per heavy atom. The van der Waals surface area contributed by atoms with Crippen LogP contribution < -0.4 is 10.1 Å². The van der Waals surface area contributed by atoms with Crippen LogP contribution in [0.1, 0.15) is 24.5 Å². The van der Waals surface area contributed by atoms with Gasteiger partial charge in [0.2, 0.25) is 0 Å². The molecule has 0 spiro atoms. The Kier molecular flexibility index (Phi) is 6.25. The molecule has 3 heteroatoms. The molecule has 0 aliphatic heterocycles. The minimum atomic E-state index is 0.152. The van der Waals surface area contributed by atoms with Gasteiger partial charge in [0.15, 0.2) is 0 Å². The first-order chi connectivity index (χ1) is 10.3. The van der Waals surface area contributed by atoms with Gasteiger partial charge in [0.25, 0.3) is 0 Å². The number of rotatable bonds is 8. The molecule has 2 N–H and O–H groups in total. The van der Waals surface area contributed by atoms with E-state index < -0.39 is 0 Å². The lowest BCUT2D eigenvalue weighted by atomic mass is 10.2. The SMILES string of the molecule is CC[C@@H](CO)NCc1cccc(OCc2ccccc2)c1. The number of benzene rings is 2. The second kappa shape index (κ2) is 8.45. The Hall–Kier alpha value is -1.84. The standard InChI is InChI=1S/C18H23NO2/c1-2-17(13-20)19-12-16-9-6-10-18(11-16)21-14-15-7-4-3-5-8-15/h3-11,17,19-20H,2,12-14H2,1H3/t17-/m0/s1. The molecule has 2 aromatic rings. The average molecular weight is 285 g/mol. The third kappa shape index (κ3) is 5.21. The van der Waals surface area contributed by atoms with E-state index in [0.29, 0.717) is 6.61 Å². The number of nitrogens with one attached hydrogen (secondary N) is 1. The van der Waals surface area contributed by atoms with Crippen molar-refractivity contribution in [2.24, 2.45) is 0 Å². The molecule has 21 heavy (non-hydrogen) atoms.